The van der Waals surface area contributed by atoms with Crippen molar-refractivity contribution >= 4 is 5.91 Å². The molecule has 0 bridgehead atoms. The van der Waals surface area contributed by atoms with Gasteiger partial charge >= 0.3 is 6.18 Å². The van der Waals surface area contributed by atoms with Gasteiger partial charge in [0.05, 0.1) is 28.8 Å². The molecule has 1 aromatic heterocycles. The third kappa shape index (κ3) is 6.92. The zero-order valence-corrected chi connectivity index (χ0v) is 27.5. The molecule has 1 saturated carbocycles. The fraction of sp³-hybridized carbons (Fsp3) is 0.395. The molecule has 3 heterocycles. The van der Waals surface area contributed by atoms with Crippen molar-refractivity contribution in [2.45, 2.75) is 56.5 Å². The van der Waals surface area contributed by atoms with Crippen molar-refractivity contribution in [1.82, 2.24) is 24.7 Å². The number of rotatable bonds is 7. The number of carbonyl (C=O) groups excluding carboxylic acids is 1. The first-order chi connectivity index (χ1) is 23.5. The lowest BCUT2D eigenvalue weighted by Crippen LogP contribution is -2.43. The van der Waals surface area contributed by atoms with Gasteiger partial charge in [0.1, 0.15) is 5.82 Å². The monoisotopic (exact) mass is 671 g/mol. The minimum absolute atomic E-state index is 0.0832. The molecular formula is C38H40F3N5O3. The van der Waals surface area contributed by atoms with Gasteiger partial charge in [-0.2, -0.15) is 13.2 Å². The molecule has 7 rings (SSSR count). The zero-order valence-electron chi connectivity index (χ0n) is 27.5. The predicted octanol–water partition coefficient (Wildman–Crippen LogP) is 5.29. The van der Waals surface area contributed by atoms with Crippen LogP contribution in [-0.4, -0.2) is 75.5 Å². The van der Waals surface area contributed by atoms with E-state index < -0.39 is 29.2 Å². The van der Waals surface area contributed by atoms with Gasteiger partial charge in [-0.1, -0.05) is 60.7 Å². The Kier molecular flexibility index (Phi) is 8.93. The summed E-state index contributed by atoms with van der Waals surface area (Å²) in [5.74, 6) is -0.141. The molecule has 1 aliphatic carbocycles. The summed E-state index contributed by atoms with van der Waals surface area (Å²) in [7, 11) is 2.16. The van der Waals surface area contributed by atoms with E-state index in [2.05, 4.69) is 64.3 Å². The maximum absolute atomic E-state index is 13.6. The Bertz CT molecular complexity index is 1900. The highest BCUT2D eigenvalue weighted by molar-refractivity contribution is 5.82. The quantitative estimate of drug-likeness (QED) is 0.278. The van der Waals surface area contributed by atoms with E-state index in [-0.39, 0.29) is 24.2 Å². The molecule has 11 heteroatoms. The van der Waals surface area contributed by atoms with Crippen LogP contribution in [0, 0.1) is 0 Å². The van der Waals surface area contributed by atoms with Crippen molar-refractivity contribution < 1.29 is 23.1 Å². The highest BCUT2D eigenvalue weighted by Gasteiger charge is 2.49. The number of benzene rings is 3. The number of carbonyl (C=O) groups is 1. The lowest BCUT2D eigenvalue weighted by molar-refractivity contribution is -0.142. The maximum atomic E-state index is 13.6. The van der Waals surface area contributed by atoms with Gasteiger partial charge in [-0.15, -0.1) is 0 Å². The van der Waals surface area contributed by atoms with Crippen LogP contribution in [0.3, 0.4) is 0 Å². The molecule has 0 unspecified atom stereocenters. The number of hydrogen-bond donors (Lipinski definition) is 2. The van der Waals surface area contributed by atoms with Crippen LogP contribution in [0.4, 0.5) is 13.2 Å². The number of likely N-dealkylation sites (N-methyl/N-ethyl adjacent to an activating group) is 1. The van der Waals surface area contributed by atoms with E-state index in [1.54, 1.807) is 0 Å². The van der Waals surface area contributed by atoms with E-state index in [9.17, 15) is 27.9 Å². The average molecular weight is 672 g/mol. The third-order valence-corrected chi connectivity index (χ3v) is 10.3. The summed E-state index contributed by atoms with van der Waals surface area (Å²) in [6.07, 6.45) is -3.74. The molecular weight excluding hydrogens is 631 g/mol. The summed E-state index contributed by atoms with van der Waals surface area (Å²) in [6.45, 7) is 5.42. The van der Waals surface area contributed by atoms with Crippen LogP contribution >= 0.6 is 0 Å². The van der Waals surface area contributed by atoms with Gasteiger partial charge in [0.15, 0.2) is 6.10 Å². The SMILES string of the molecule is CN1CCN(Cc2ccc(-c3cccc(C4(c5nc6c(c(=O)[nH]5)CN(C(=O)[C@H](O)c5cccc(C(F)(F)F)c5)CCC6)CC4)c3)cc2)CC1. The van der Waals surface area contributed by atoms with Crippen LogP contribution in [0.15, 0.2) is 77.6 Å². The number of aryl methyl sites for hydroxylation is 1. The predicted molar refractivity (Wildman–Crippen MR) is 180 cm³/mol. The minimum Gasteiger partial charge on any atom is -0.378 e. The molecule has 1 saturated heterocycles. The van der Waals surface area contributed by atoms with Crippen LogP contribution in [0.1, 0.15) is 64.7 Å². The fourth-order valence-corrected chi connectivity index (χ4v) is 7.09. The molecule has 1 atom stereocenters. The minimum atomic E-state index is -4.60. The van der Waals surface area contributed by atoms with Crippen molar-refractivity contribution in [2.24, 2.45) is 0 Å². The second kappa shape index (κ2) is 13.2. The van der Waals surface area contributed by atoms with Crippen LogP contribution in [0.2, 0.25) is 0 Å². The molecule has 3 aliphatic rings. The van der Waals surface area contributed by atoms with E-state index in [1.165, 1.54) is 16.5 Å². The molecule has 0 radical (unpaired) electrons. The maximum Gasteiger partial charge on any atom is 0.416 e. The highest BCUT2D eigenvalue weighted by Crippen LogP contribution is 2.52. The molecule has 1 amide bonds. The normalized spacial score (nSPS) is 18.8. The number of amides is 1. The Morgan fingerprint density at radius 3 is 2.41 bits per heavy atom. The number of aliphatic hydroxyl groups is 1. The molecule has 0 spiro atoms. The van der Waals surface area contributed by atoms with E-state index in [0.717, 1.165) is 80.5 Å². The Balaban J connectivity index is 1.08. The van der Waals surface area contributed by atoms with E-state index in [0.29, 0.717) is 29.9 Å². The van der Waals surface area contributed by atoms with E-state index in [4.69, 9.17) is 4.98 Å². The fourth-order valence-electron chi connectivity index (χ4n) is 7.09. The zero-order chi connectivity index (χ0) is 34.3. The van der Waals surface area contributed by atoms with Crippen molar-refractivity contribution in [3.05, 3.63) is 122 Å². The first-order valence-electron chi connectivity index (χ1n) is 16.9. The standard InChI is InChI=1S/C38H40F3N5O3/c1-44-17-19-45(20-18-44)23-25-10-12-26(13-11-25)27-5-2-7-29(21-27)37(14-15-37)36-42-32-9-4-16-46(24-31(32)34(48)43-36)35(49)33(47)28-6-3-8-30(22-28)38(39,40)41/h2-3,5-8,10-13,21-22,33,47H,4,9,14-20,23-24H2,1H3,(H,42,43,48)/t33-/m1/s1. The van der Waals surface area contributed by atoms with Gasteiger partial charge in [0.2, 0.25) is 0 Å². The largest absolute Gasteiger partial charge is 0.416 e. The van der Waals surface area contributed by atoms with Crippen molar-refractivity contribution in [3.63, 3.8) is 0 Å². The lowest BCUT2D eigenvalue weighted by Gasteiger charge is -2.32. The number of aromatic nitrogens is 2. The smallest absolute Gasteiger partial charge is 0.378 e. The van der Waals surface area contributed by atoms with Crippen molar-refractivity contribution in [1.29, 1.82) is 0 Å². The van der Waals surface area contributed by atoms with Crippen LogP contribution < -0.4 is 5.56 Å². The summed E-state index contributed by atoms with van der Waals surface area (Å²) >= 11 is 0. The molecule has 256 valence electrons. The number of aromatic amines is 1. The number of piperazine rings is 1. The summed E-state index contributed by atoms with van der Waals surface area (Å²) in [4.78, 5) is 41.0. The number of fused-ring (bicyclic) bond motifs is 1. The second-order valence-corrected chi connectivity index (χ2v) is 13.7. The molecule has 2 fully saturated rings. The third-order valence-electron chi connectivity index (χ3n) is 10.3. The highest BCUT2D eigenvalue weighted by atomic mass is 19.4. The molecule has 2 N–H and O–H groups in total. The number of alkyl halides is 3. The number of hydrogen-bond acceptors (Lipinski definition) is 6. The Hall–Kier alpha value is -4.32. The first kappa shape index (κ1) is 33.2. The number of halogens is 3. The van der Waals surface area contributed by atoms with Gasteiger partial charge < -0.3 is 19.9 Å². The Morgan fingerprint density at radius 1 is 0.959 bits per heavy atom. The van der Waals surface area contributed by atoms with Gasteiger partial charge in [0, 0.05) is 39.3 Å². The molecule has 49 heavy (non-hydrogen) atoms. The van der Waals surface area contributed by atoms with Crippen molar-refractivity contribution in [3.8, 4) is 11.1 Å². The molecule has 8 nitrogen and oxygen atoms in total. The van der Waals surface area contributed by atoms with Gasteiger partial charge in [-0.25, -0.2) is 4.98 Å². The summed E-state index contributed by atoms with van der Waals surface area (Å²) in [6, 6.07) is 21.3. The van der Waals surface area contributed by atoms with Crippen LogP contribution in [0.5, 0.6) is 0 Å². The van der Waals surface area contributed by atoms with Gasteiger partial charge in [-0.3, -0.25) is 14.5 Å². The number of aliphatic hydroxyl groups excluding tert-OH is 1. The first-order valence-corrected chi connectivity index (χ1v) is 16.9. The van der Waals surface area contributed by atoms with Crippen LogP contribution in [-0.2, 0) is 35.9 Å². The Morgan fingerprint density at radius 2 is 1.69 bits per heavy atom. The topological polar surface area (TPSA) is 92.8 Å². The summed E-state index contributed by atoms with van der Waals surface area (Å²) in [5, 5.41) is 10.8. The van der Waals surface area contributed by atoms with E-state index >= 15 is 0 Å². The number of nitrogens with one attached hydrogen (secondary N) is 1. The van der Waals surface area contributed by atoms with E-state index in [1.807, 2.05) is 6.07 Å². The average Bonchev–Trinajstić information content (AvgIpc) is 3.94. The van der Waals surface area contributed by atoms with Gasteiger partial charge in [-0.05, 0) is 72.7 Å². The van der Waals surface area contributed by atoms with Gasteiger partial charge in [0.25, 0.3) is 11.5 Å². The molecule has 2 aliphatic heterocycles. The lowest BCUT2D eigenvalue weighted by atomic mass is 9.91. The van der Waals surface area contributed by atoms with Crippen molar-refractivity contribution in [2.75, 3.05) is 39.8 Å². The summed E-state index contributed by atoms with van der Waals surface area (Å²) < 4.78 is 39.7. The number of H-pyrrole nitrogens is 1. The molecule has 4 aromatic rings. The second-order valence-electron chi connectivity index (χ2n) is 13.7. The van der Waals surface area contributed by atoms with Crippen LogP contribution in [0.25, 0.3) is 11.1 Å². The number of nitrogens with zero attached hydrogens (tertiary/aromatic N) is 4. The summed E-state index contributed by atoms with van der Waals surface area (Å²) in [5.41, 5.74) is 3.71. The molecule has 3 aromatic carbocycles. The Labute approximate surface area is 283 Å².